The van der Waals surface area contributed by atoms with E-state index < -0.39 is 0 Å². The molecular weight excluding hydrogens is 450 g/mol. The average molecular weight is 482 g/mol. The molecule has 36 heavy (non-hydrogen) atoms. The van der Waals surface area contributed by atoms with Crippen LogP contribution in [0.3, 0.4) is 0 Å². The lowest BCUT2D eigenvalue weighted by molar-refractivity contribution is 0.0748. The number of rotatable bonds is 5. The quantitative estimate of drug-likeness (QED) is 0.369. The summed E-state index contributed by atoms with van der Waals surface area (Å²) in [5, 5.41) is 5.34. The highest BCUT2D eigenvalue weighted by molar-refractivity contribution is 6.06. The van der Waals surface area contributed by atoms with E-state index in [0.717, 1.165) is 41.1 Å². The summed E-state index contributed by atoms with van der Waals surface area (Å²) in [6, 6.07) is 17.9. The molecule has 0 saturated carbocycles. The van der Waals surface area contributed by atoms with Crippen LogP contribution in [0, 0.1) is 6.92 Å². The molecule has 0 spiro atoms. The van der Waals surface area contributed by atoms with Gasteiger partial charge in [-0.1, -0.05) is 29.8 Å². The Kier molecular flexibility index (Phi) is 6.31. The van der Waals surface area contributed by atoms with Gasteiger partial charge in [0.2, 0.25) is 0 Å². The lowest BCUT2D eigenvalue weighted by Gasteiger charge is -2.36. The summed E-state index contributed by atoms with van der Waals surface area (Å²) in [5.74, 6) is 0.0667. The van der Waals surface area contributed by atoms with Gasteiger partial charge in [-0.3, -0.25) is 9.59 Å². The van der Waals surface area contributed by atoms with Crippen molar-refractivity contribution in [2.24, 2.45) is 0 Å². The number of ketones is 1. The maximum absolute atomic E-state index is 13.8. The number of Topliss-reactive ketones (excluding diaryl/α,β-unsaturated/α-hetero) is 1. The maximum Gasteiger partial charge on any atom is 0.254 e. The van der Waals surface area contributed by atoms with Gasteiger partial charge in [0.15, 0.2) is 11.4 Å². The van der Waals surface area contributed by atoms with E-state index >= 15 is 0 Å². The van der Waals surface area contributed by atoms with Crippen LogP contribution >= 0.6 is 0 Å². The summed E-state index contributed by atoms with van der Waals surface area (Å²) in [6.07, 6.45) is 1.77. The molecule has 1 aliphatic rings. The third-order valence-electron chi connectivity index (χ3n) is 6.84. The van der Waals surface area contributed by atoms with Crippen molar-refractivity contribution in [2.45, 2.75) is 33.7 Å². The second-order valence-corrected chi connectivity index (χ2v) is 9.72. The minimum atomic E-state index is 0.00523. The zero-order valence-corrected chi connectivity index (χ0v) is 21.2. The van der Waals surface area contributed by atoms with E-state index in [-0.39, 0.29) is 17.7 Å². The van der Waals surface area contributed by atoms with Crippen LogP contribution in [-0.4, -0.2) is 57.5 Å². The first-order valence-electron chi connectivity index (χ1n) is 12.4. The minimum Gasteiger partial charge on any atom is -0.368 e. The lowest BCUT2D eigenvalue weighted by Crippen LogP contribution is -2.48. The molecule has 1 amide bonds. The van der Waals surface area contributed by atoms with Gasteiger partial charge in [0, 0.05) is 49.0 Å². The number of piperazine rings is 1. The number of anilines is 1. The van der Waals surface area contributed by atoms with Crippen molar-refractivity contribution in [3.63, 3.8) is 0 Å². The molecule has 5 rings (SSSR count). The molecule has 0 unspecified atom stereocenters. The van der Waals surface area contributed by atoms with E-state index in [0.29, 0.717) is 24.2 Å². The van der Waals surface area contributed by atoms with Crippen LogP contribution in [0.2, 0.25) is 0 Å². The Balaban J connectivity index is 1.43. The predicted molar refractivity (Wildman–Crippen MR) is 143 cm³/mol. The summed E-state index contributed by atoms with van der Waals surface area (Å²) >= 11 is 0. The molecule has 7 heteroatoms. The highest BCUT2D eigenvalue weighted by Gasteiger charge is 2.26. The molecule has 0 radical (unpaired) electrons. The zero-order chi connectivity index (χ0) is 25.4. The second-order valence-electron chi connectivity index (χ2n) is 9.72. The van der Waals surface area contributed by atoms with Crippen molar-refractivity contribution in [1.82, 2.24) is 19.7 Å². The Morgan fingerprint density at radius 2 is 1.58 bits per heavy atom. The predicted octanol–water partition coefficient (Wildman–Crippen LogP) is 5.15. The summed E-state index contributed by atoms with van der Waals surface area (Å²) in [7, 11) is 0. The maximum atomic E-state index is 13.8. The summed E-state index contributed by atoms with van der Waals surface area (Å²) in [4.78, 5) is 34.5. The van der Waals surface area contributed by atoms with Gasteiger partial charge in [0.05, 0.1) is 22.8 Å². The number of pyridine rings is 1. The van der Waals surface area contributed by atoms with Gasteiger partial charge < -0.3 is 9.80 Å². The third-order valence-corrected chi connectivity index (χ3v) is 6.84. The molecule has 0 bridgehead atoms. The van der Waals surface area contributed by atoms with Crippen molar-refractivity contribution in [1.29, 1.82) is 0 Å². The number of aromatic nitrogens is 3. The van der Waals surface area contributed by atoms with Crippen LogP contribution in [0.5, 0.6) is 0 Å². The van der Waals surface area contributed by atoms with E-state index in [1.54, 1.807) is 13.1 Å². The Hall–Kier alpha value is -4.00. The molecule has 7 nitrogen and oxygen atoms in total. The fraction of sp³-hybridized carbons (Fsp3) is 0.310. The van der Waals surface area contributed by atoms with E-state index in [2.05, 4.69) is 42.9 Å². The molecule has 0 aliphatic carbocycles. The van der Waals surface area contributed by atoms with Crippen molar-refractivity contribution >= 4 is 28.4 Å². The van der Waals surface area contributed by atoms with Crippen LogP contribution in [0.15, 0.2) is 60.8 Å². The van der Waals surface area contributed by atoms with Gasteiger partial charge in [0.25, 0.3) is 5.91 Å². The second kappa shape index (κ2) is 9.57. The van der Waals surface area contributed by atoms with E-state index in [4.69, 9.17) is 4.98 Å². The summed E-state index contributed by atoms with van der Waals surface area (Å²) < 4.78 is 1.88. The number of carbonyl (C=O) groups is 2. The van der Waals surface area contributed by atoms with Gasteiger partial charge in [-0.2, -0.15) is 5.10 Å². The van der Waals surface area contributed by atoms with E-state index in [1.165, 1.54) is 5.56 Å². The molecule has 2 aromatic heterocycles. The summed E-state index contributed by atoms with van der Waals surface area (Å²) in [5.41, 5.74) is 6.08. The highest BCUT2D eigenvalue weighted by atomic mass is 16.2. The highest BCUT2D eigenvalue weighted by Crippen LogP contribution is 2.28. The van der Waals surface area contributed by atoms with Crippen LogP contribution < -0.4 is 4.90 Å². The van der Waals surface area contributed by atoms with Crippen molar-refractivity contribution in [2.75, 3.05) is 31.1 Å². The molecular formula is C29H31N5O2. The van der Waals surface area contributed by atoms with E-state index in [1.807, 2.05) is 52.0 Å². The van der Waals surface area contributed by atoms with Crippen molar-refractivity contribution in [3.05, 3.63) is 77.5 Å². The first kappa shape index (κ1) is 23.7. The molecule has 0 N–H and O–H groups in total. The number of carbonyl (C=O) groups excluding carboxylic acids is 2. The zero-order valence-electron chi connectivity index (χ0n) is 21.2. The van der Waals surface area contributed by atoms with Gasteiger partial charge >= 0.3 is 0 Å². The fourth-order valence-corrected chi connectivity index (χ4v) is 4.69. The molecule has 4 aromatic rings. The molecule has 2 aromatic carbocycles. The first-order chi connectivity index (χ1) is 17.3. The lowest BCUT2D eigenvalue weighted by atomic mass is 10.0. The Bertz CT molecular complexity index is 1410. The largest absolute Gasteiger partial charge is 0.368 e. The average Bonchev–Trinajstić information content (AvgIpc) is 3.33. The van der Waals surface area contributed by atoms with Gasteiger partial charge in [0.1, 0.15) is 0 Å². The molecule has 0 atom stereocenters. The Morgan fingerprint density at radius 1 is 0.917 bits per heavy atom. The number of benzene rings is 2. The number of amides is 1. The van der Waals surface area contributed by atoms with Crippen LogP contribution in [-0.2, 0) is 0 Å². The number of fused-ring (bicyclic) bond motifs is 1. The topological polar surface area (TPSA) is 71.3 Å². The monoisotopic (exact) mass is 481 g/mol. The third kappa shape index (κ3) is 4.49. The Morgan fingerprint density at radius 3 is 2.19 bits per heavy atom. The molecule has 1 aliphatic heterocycles. The van der Waals surface area contributed by atoms with Crippen molar-refractivity contribution in [3.8, 4) is 11.3 Å². The van der Waals surface area contributed by atoms with Gasteiger partial charge in [-0.05, 0) is 58.0 Å². The normalized spacial score (nSPS) is 14.0. The fourth-order valence-electron chi connectivity index (χ4n) is 4.69. The minimum absolute atomic E-state index is 0.00523. The van der Waals surface area contributed by atoms with Crippen LogP contribution in [0.1, 0.15) is 53.1 Å². The first-order valence-corrected chi connectivity index (χ1v) is 12.4. The van der Waals surface area contributed by atoms with Gasteiger partial charge in [-0.15, -0.1) is 0 Å². The van der Waals surface area contributed by atoms with E-state index in [9.17, 15) is 9.59 Å². The van der Waals surface area contributed by atoms with Gasteiger partial charge in [-0.25, -0.2) is 9.67 Å². The molecule has 184 valence electrons. The number of hydrogen-bond acceptors (Lipinski definition) is 5. The summed E-state index contributed by atoms with van der Waals surface area (Å²) in [6.45, 7) is 10.5. The Labute approximate surface area is 211 Å². The number of nitrogens with zero attached hydrogens (tertiary/aromatic N) is 5. The smallest absolute Gasteiger partial charge is 0.254 e. The number of aryl methyl sites for hydroxylation is 1. The molecule has 3 heterocycles. The van der Waals surface area contributed by atoms with Crippen molar-refractivity contribution < 1.29 is 9.59 Å². The standard InChI is InChI=1S/C29H31N5O2/c1-19(2)34-28-26(18-30-34)25(17-27(31-28)23-7-5-20(3)6-8-23)29(36)33-15-13-32(14-16-33)24-11-9-22(10-12-24)21(4)35/h5-12,17-19H,13-16H2,1-4H3. The SMILES string of the molecule is CC(=O)c1ccc(N2CCN(C(=O)c3cc(-c4ccc(C)cc4)nc4c3cnn4C(C)C)CC2)cc1. The molecule has 1 saturated heterocycles. The van der Waals surface area contributed by atoms with Crippen LogP contribution in [0.4, 0.5) is 5.69 Å². The molecule has 1 fully saturated rings. The number of hydrogen-bond donors (Lipinski definition) is 0. The van der Waals surface area contributed by atoms with Crippen LogP contribution in [0.25, 0.3) is 22.3 Å².